The molecule has 0 amide bonds. The van der Waals surface area contributed by atoms with Crippen molar-refractivity contribution < 1.29 is 4.74 Å². The molecule has 3 nitrogen and oxygen atoms in total. The van der Waals surface area contributed by atoms with Crippen molar-refractivity contribution in [1.82, 2.24) is 9.80 Å². The number of nitrogens with zero attached hydrogens (tertiary/aromatic N) is 2. The van der Waals surface area contributed by atoms with E-state index >= 15 is 0 Å². The molecule has 0 aromatic heterocycles. The zero-order chi connectivity index (χ0) is 16.1. The second-order valence-electron chi connectivity index (χ2n) is 5.99. The molecule has 0 spiro atoms. The van der Waals surface area contributed by atoms with Crippen molar-refractivity contribution in [2.45, 2.75) is 13.1 Å². The summed E-state index contributed by atoms with van der Waals surface area (Å²) < 4.78 is 6.61. The molecule has 122 valence electrons. The summed E-state index contributed by atoms with van der Waals surface area (Å²) in [6, 6.07) is 16.9. The van der Waals surface area contributed by atoms with Gasteiger partial charge in [-0.2, -0.15) is 0 Å². The Morgan fingerprint density at radius 2 is 1.61 bits per heavy atom. The van der Waals surface area contributed by atoms with Crippen molar-refractivity contribution in [2.75, 3.05) is 33.3 Å². The topological polar surface area (TPSA) is 15.7 Å². The van der Waals surface area contributed by atoms with Gasteiger partial charge in [-0.3, -0.25) is 9.80 Å². The summed E-state index contributed by atoms with van der Waals surface area (Å²) in [5.41, 5.74) is 2.65. The highest BCUT2D eigenvalue weighted by Crippen LogP contribution is 2.20. The molecule has 0 radical (unpaired) electrons. The van der Waals surface area contributed by atoms with Gasteiger partial charge in [0.25, 0.3) is 0 Å². The van der Waals surface area contributed by atoms with Gasteiger partial charge in [0.2, 0.25) is 0 Å². The van der Waals surface area contributed by atoms with E-state index in [-0.39, 0.29) is 0 Å². The van der Waals surface area contributed by atoms with Crippen LogP contribution in [0.15, 0.2) is 53.0 Å². The molecule has 0 atom stereocenters. The van der Waals surface area contributed by atoms with Crippen LogP contribution in [0.1, 0.15) is 11.1 Å². The minimum absolute atomic E-state index is 0.967. The molecule has 0 unspecified atom stereocenters. The van der Waals surface area contributed by atoms with Crippen molar-refractivity contribution in [1.29, 1.82) is 0 Å². The van der Waals surface area contributed by atoms with E-state index in [1.54, 1.807) is 7.11 Å². The van der Waals surface area contributed by atoms with Gasteiger partial charge in [0.05, 0.1) is 7.11 Å². The fraction of sp³-hybridized carbons (Fsp3) is 0.368. The molecule has 1 fully saturated rings. The first-order valence-corrected chi connectivity index (χ1v) is 8.85. The van der Waals surface area contributed by atoms with E-state index in [1.165, 1.54) is 11.1 Å². The Labute approximate surface area is 147 Å². The van der Waals surface area contributed by atoms with Crippen LogP contribution in [-0.4, -0.2) is 43.1 Å². The summed E-state index contributed by atoms with van der Waals surface area (Å²) in [7, 11) is 1.74. The van der Waals surface area contributed by atoms with E-state index in [0.717, 1.165) is 49.5 Å². The van der Waals surface area contributed by atoms with Gasteiger partial charge < -0.3 is 4.74 Å². The molecular formula is C19H23BrN2O. The molecule has 1 heterocycles. The van der Waals surface area contributed by atoms with Gasteiger partial charge in [0.15, 0.2) is 0 Å². The highest BCUT2D eigenvalue weighted by Gasteiger charge is 2.18. The first kappa shape index (κ1) is 16.5. The number of benzene rings is 2. The summed E-state index contributed by atoms with van der Waals surface area (Å²) in [6.07, 6.45) is 0. The lowest BCUT2D eigenvalue weighted by Gasteiger charge is -2.35. The molecule has 1 aliphatic rings. The van der Waals surface area contributed by atoms with E-state index in [0.29, 0.717) is 0 Å². The van der Waals surface area contributed by atoms with Crippen LogP contribution in [-0.2, 0) is 13.1 Å². The number of para-hydroxylation sites is 1. The summed E-state index contributed by atoms with van der Waals surface area (Å²) in [6.45, 7) is 6.43. The van der Waals surface area contributed by atoms with Crippen LogP contribution < -0.4 is 4.74 Å². The van der Waals surface area contributed by atoms with Gasteiger partial charge in [-0.25, -0.2) is 0 Å². The molecule has 2 aromatic carbocycles. The third-order valence-electron chi connectivity index (χ3n) is 4.35. The van der Waals surface area contributed by atoms with Crippen molar-refractivity contribution >= 4 is 15.9 Å². The number of rotatable bonds is 5. The van der Waals surface area contributed by atoms with Gasteiger partial charge in [-0.1, -0.05) is 46.3 Å². The number of hydrogen-bond acceptors (Lipinski definition) is 3. The van der Waals surface area contributed by atoms with E-state index in [2.05, 4.69) is 62.1 Å². The van der Waals surface area contributed by atoms with Crippen LogP contribution in [0.4, 0.5) is 0 Å². The molecule has 1 saturated heterocycles. The van der Waals surface area contributed by atoms with Crippen molar-refractivity contribution in [3.05, 3.63) is 64.1 Å². The van der Waals surface area contributed by atoms with Crippen LogP contribution in [0.5, 0.6) is 5.75 Å². The molecule has 23 heavy (non-hydrogen) atoms. The second-order valence-corrected chi connectivity index (χ2v) is 6.91. The molecule has 4 heteroatoms. The lowest BCUT2D eigenvalue weighted by atomic mass is 10.1. The maximum Gasteiger partial charge on any atom is 0.123 e. The standard InChI is InChI=1S/C19H23BrN2O/c1-23-19-8-3-2-6-17(19)15-22-11-9-21(10-12-22)14-16-5-4-7-18(20)13-16/h2-8,13H,9-12,14-15H2,1H3. The first-order chi connectivity index (χ1) is 11.2. The largest absolute Gasteiger partial charge is 0.496 e. The Hall–Kier alpha value is -1.36. The average Bonchev–Trinajstić information content (AvgIpc) is 2.57. The predicted molar refractivity (Wildman–Crippen MR) is 97.7 cm³/mol. The van der Waals surface area contributed by atoms with E-state index in [1.807, 2.05) is 12.1 Å². The average molecular weight is 375 g/mol. The Balaban J connectivity index is 1.52. The highest BCUT2D eigenvalue weighted by atomic mass is 79.9. The Morgan fingerprint density at radius 1 is 0.913 bits per heavy atom. The maximum atomic E-state index is 5.46. The van der Waals surface area contributed by atoms with Crippen molar-refractivity contribution in [3.8, 4) is 5.75 Å². The number of piperazine rings is 1. The van der Waals surface area contributed by atoms with Gasteiger partial charge >= 0.3 is 0 Å². The normalized spacial score (nSPS) is 16.4. The lowest BCUT2D eigenvalue weighted by molar-refractivity contribution is 0.121. The lowest BCUT2D eigenvalue weighted by Crippen LogP contribution is -2.45. The maximum absolute atomic E-state index is 5.46. The predicted octanol–water partition coefficient (Wildman–Crippen LogP) is 3.78. The summed E-state index contributed by atoms with van der Waals surface area (Å²) in [4.78, 5) is 5.04. The van der Waals surface area contributed by atoms with Crippen LogP contribution in [0.3, 0.4) is 0 Å². The quantitative estimate of drug-likeness (QED) is 0.791. The molecule has 1 aliphatic heterocycles. The van der Waals surface area contributed by atoms with Gasteiger partial charge in [0, 0.05) is 49.3 Å². The minimum atomic E-state index is 0.967. The number of halogens is 1. The molecule has 0 saturated carbocycles. The van der Waals surface area contributed by atoms with Gasteiger partial charge in [0.1, 0.15) is 5.75 Å². The summed E-state index contributed by atoms with van der Waals surface area (Å²) in [5, 5.41) is 0. The first-order valence-electron chi connectivity index (χ1n) is 8.05. The van der Waals surface area contributed by atoms with E-state index in [9.17, 15) is 0 Å². The molecule has 0 aliphatic carbocycles. The second kappa shape index (κ2) is 7.95. The SMILES string of the molecule is COc1ccccc1CN1CCN(Cc2cccc(Br)c2)CC1. The third-order valence-corrected chi connectivity index (χ3v) is 4.84. The monoisotopic (exact) mass is 374 g/mol. The fourth-order valence-corrected chi connectivity index (χ4v) is 3.52. The van der Waals surface area contributed by atoms with Crippen LogP contribution in [0.2, 0.25) is 0 Å². The smallest absolute Gasteiger partial charge is 0.123 e. The summed E-state index contributed by atoms with van der Waals surface area (Å²) >= 11 is 3.55. The zero-order valence-electron chi connectivity index (χ0n) is 13.5. The fourth-order valence-electron chi connectivity index (χ4n) is 3.07. The zero-order valence-corrected chi connectivity index (χ0v) is 15.1. The number of methoxy groups -OCH3 is 1. The summed E-state index contributed by atoms with van der Waals surface area (Å²) in [5.74, 6) is 0.990. The molecule has 2 aromatic rings. The Kier molecular flexibility index (Phi) is 5.70. The van der Waals surface area contributed by atoms with Crippen molar-refractivity contribution in [3.63, 3.8) is 0 Å². The highest BCUT2D eigenvalue weighted by molar-refractivity contribution is 9.10. The van der Waals surface area contributed by atoms with E-state index < -0.39 is 0 Å². The van der Waals surface area contributed by atoms with Crippen molar-refractivity contribution in [2.24, 2.45) is 0 Å². The van der Waals surface area contributed by atoms with Crippen LogP contribution >= 0.6 is 15.9 Å². The molecular weight excluding hydrogens is 352 g/mol. The number of ether oxygens (including phenoxy) is 1. The molecule has 3 rings (SSSR count). The Bertz CT molecular complexity index is 639. The third kappa shape index (κ3) is 4.56. The molecule has 0 bridgehead atoms. The van der Waals surface area contributed by atoms with E-state index in [4.69, 9.17) is 4.74 Å². The van der Waals surface area contributed by atoms with Crippen LogP contribution in [0.25, 0.3) is 0 Å². The van der Waals surface area contributed by atoms with Gasteiger partial charge in [-0.15, -0.1) is 0 Å². The number of hydrogen-bond donors (Lipinski definition) is 0. The van der Waals surface area contributed by atoms with Gasteiger partial charge in [-0.05, 0) is 23.8 Å². The minimum Gasteiger partial charge on any atom is -0.496 e. The van der Waals surface area contributed by atoms with Crippen LogP contribution in [0, 0.1) is 0 Å². The Morgan fingerprint density at radius 3 is 2.30 bits per heavy atom. The molecule has 0 N–H and O–H groups in total.